The first-order valence-electron chi connectivity index (χ1n) is 6.47. The minimum absolute atomic E-state index is 0.286. The zero-order valence-electron chi connectivity index (χ0n) is 12.2. The molecule has 1 atom stereocenters. The fourth-order valence-electron chi connectivity index (χ4n) is 2.31. The molecule has 0 bridgehead atoms. The molecule has 2 N–H and O–H groups in total. The number of carbonyl (C=O) groups is 2. The number of fused-ring (bicyclic) bond motifs is 1. The van der Waals surface area contributed by atoms with Gasteiger partial charge in [-0.1, -0.05) is 0 Å². The first-order valence-corrected chi connectivity index (χ1v) is 6.47. The van der Waals surface area contributed by atoms with Crippen molar-refractivity contribution in [1.82, 2.24) is 10.6 Å². The summed E-state index contributed by atoms with van der Waals surface area (Å²) in [6.45, 7) is 0.487. The summed E-state index contributed by atoms with van der Waals surface area (Å²) in [4.78, 5) is 23.6. The van der Waals surface area contributed by atoms with Crippen molar-refractivity contribution in [2.24, 2.45) is 0 Å². The zero-order chi connectivity index (χ0) is 15.4. The van der Waals surface area contributed by atoms with Gasteiger partial charge in [0.2, 0.25) is 5.91 Å². The van der Waals surface area contributed by atoms with Crippen LogP contribution in [0.5, 0.6) is 11.5 Å². The van der Waals surface area contributed by atoms with Crippen molar-refractivity contribution in [3.8, 4) is 11.5 Å². The Labute approximate surface area is 122 Å². The summed E-state index contributed by atoms with van der Waals surface area (Å²) >= 11 is 0. The molecular formula is C14H18N2O5. The van der Waals surface area contributed by atoms with E-state index in [1.54, 1.807) is 13.2 Å². The summed E-state index contributed by atoms with van der Waals surface area (Å²) in [6, 6.07) is 2.70. The molecular weight excluding hydrogens is 276 g/mol. The Morgan fingerprint density at radius 1 is 1.24 bits per heavy atom. The smallest absolute Gasteiger partial charge is 0.407 e. The molecule has 0 fully saturated rings. The third kappa shape index (κ3) is 3.01. The summed E-state index contributed by atoms with van der Waals surface area (Å²) in [5, 5.41) is 5.29. The Morgan fingerprint density at radius 3 is 2.52 bits per heavy atom. The van der Waals surface area contributed by atoms with Crippen LogP contribution < -0.4 is 20.1 Å². The second kappa shape index (κ2) is 6.34. The fourth-order valence-corrected chi connectivity index (χ4v) is 2.31. The van der Waals surface area contributed by atoms with Crippen LogP contribution in [0.3, 0.4) is 0 Å². The first-order chi connectivity index (χ1) is 10.1. The predicted molar refractivity (Wildman–Crippen MR) is 74.5 cm³/mol. The largest absolute Gasteiger partial charge is 0.493 e. The highest BCUT2D eigenvalue weighted by molar-refractivity contribution is 5.88. The second-order valence-corrected chi connectivity index (χ2v) is 4.52. The monoisotopic (exact) mass is 294 g/mol. The number of methoxy groups -OCH3 is 3. The third-order valence-electron chi connectivity index (χ3n) is 3.36. The SMILES string of the molecule is COC(=O)NC1C(=O)NCCc2cc(OC)c(OC)cc21. The molecule has 7 heteroatoms. The van der Waals surface area contributed by atoms with Gasteiger partial charge >= 0.3 is 6.09 Å². The van der Waals surface area contributed by atoms with Crippen molar-refractivity contribution < 1.29 is 23.8 Å². The maximum atomic E-state index is 12.1. The number of ether oxygens (including phenoxy) is 3. The van der Waals surface area contributed by atoms with Gasteiger partial charge in [0, 0.05) is 6.54 Å². The summed E-state index contributed by atoms with van der Waals surface area (Å²) < 4.78 is 15.1. The summed E-state index contributed by atoms with van der Waals surface area (Å²) in [7, 11) is 4.32. The van der Waals surface area contributed by atoms with E-state index in [-0.39, 0.29) is 5.91 Å². The van der Waals surface area contributed by atoms with Gasteiger partial charge in [0.15, 0.2) is 11.5 Å². The number of nitrogens with one attached hydrogen (secondary N) is 2. The molecule has 1 unspecified atom stereocenters. The number of hydrogen-bond donors (Lipinski definition) is 2. The first kappa shape index (κ1) is 15.0. The Balaban J connectivity index is 2.48. The summed E-state index contributed by atoms with van der Waals surface area (Å²) in [5.41, 5.74) is 1.58. The van der Waals surface area contributed by atoms with E-state index in [0.717, 1.165) is 5.56 Å². The highest BCUT2D eigenvalue weighted by Crippen LogP contribution is 2.34. The van der Waals surface area contributed by atoms with E-state index in [1.807, 2.05) is 6.07 Å². The summed E-state index contributed by atoms with van der Waals surface area (Å²) in [5.74, 6) is 0.802. The highest BCUT2D eigenvalue weighted by Gasteiger charge is 2.29. The van der Waals surface area contributed by atoms with E-state index >= 15 is 0 Å². The molecule has 0 spiro atoms. The van der Waals surface area contributed by atoms with Crippen molar-refractivity contribution in [2.45, 2.75) is 12.5 Å². The molecule has 1 aromatic carbocycles. The van der Waals surface area contributed by atoms with E-state index in [0.29, 0.717) is 30.0 Å². The minimum atomic E-state index is -0.824. The molecule has 7 nitrogen and oxygen atoms in total. The standard InChI is InChI=1S/C14H18N2O5/c1-19-10-6-8-4-5-15-13(17)12(16-14(18)21-3)9(8)7-11(10)20-2/h6-7,12H,4-5H2,1-3H3,(H,15,17)(H,16,18). The topological polar surface area (TPSA) is 85.9 Å². The van der Waals surface area contributed by atoms with Crippen molar-refractivity contribution in [2.75, 3.05) is 27.9 Å². The van der Waals surface area contributed by atoms with E-state index in [1.165, 1.54) is 14.2 Å². The maximum Gasteiger partial charge on any atom is 0.407 e. The number of benzene rings is 1. The molecule has 2 amide bonds. The molecule has 114 valence electrons. The molecule has 0 radical (unpaired) electrons. The van der Waals surface area contributed by atoms with Crippen molar-refractivity contribution in [3.05, 3.63) is 23.3 Å². The van der Waals surface area contributed by atoms with Gasteiger partial charge in [0.05, 0.1) is 21.3 Å². The molecule has 0 aromatic heterocycles. The second-order valence-electron chi connectivity index (χ2n) is 4.52. The maximum absolute atomic E-state index is 12.1. The van der Waals surface area contributed by atoms with Crippen LogP contribution in [0, 0.1) is 0 Å². The van der Waals surface area contributed by atoms with Crippen LogP contribution in [0.4, 0.5) is 4.79 Å². The lowest BCUT2D eigenvalue weighted by molar-refractivity contribution is -0.123. The third-order valence-corrected chi connectivity index (χ3v) is 3.36. The molecule has 1 aliphatic heterocycles. The normalized spacial score (nSPS) is 17.1. The van der Waals surface area contributed by atoms with Crippen LogP contribution in [-0.4, -0.2) is 39.9 Å². The number of alkyl carbamates (subject to hydrolysis) is 1. The van der Waals surface area contributed by atoms with Crippen LogP contribution in [0.15, 0.2) is 12.1 Å². The van der Waals surface area contributed by atoms with Gasteiger partial charge in [-0.05, 0) is 29.7 Å². The Morgan fingerprint density at radius 2 is 1.90 bits per heavy atom. The summed E-state index contributed by atoms with van der Waals surface area (Å²) in [6.07, 6.45) is -0.0291. The zero-order valence-corrected chi connectivity index (χ0v) is 12.2. The van der Waals surface area contributed by atoms with Gasteiger partial charge < -0.3 is 24.8 Å². The number of amides is 2. The lowest BCUT2D eigenvalue weighted by Gasteiger charge is -2.19. The Hall–Kier alpha value is -2.44. The van der Waals surface area contributed by atoms with Crippen molar-refractivity contribution in [3.63, 3.8) is 0 Å². The van der Waals surface area contributed by atoms with Gasteiger partial charge in [0.1, 0.15) is 6.04 Å². The van der Waals surface area contributed by atoms with Crippen LogP contribution >= 0.6 is 0 Å². The van der Waals surface area contributed by atoms with Gasteiger partial charge in [0.25, 0.3) is 0 Å². The molecule has 0 aliphatic carbocycles. The van der Waals surface area contributed by atoms with Crippen LogP contribution in [-0.2, 0) is 16.0 Å². The number of hydrogen-bond acceptors (Lipinski definition) is 5. The van der Waals surface area contributed by atoms with Crippen LogP contribution in [0.25, 0.3) is 0 Å². The lowest BCUT2D eigenvalue weighted by Crippen LogP contribution is -2.39. The van der Waals surface area contributed by atoms with Gasteiger partial charge in [-0.15, -0.1) is 0 Å². The average molecular weight is 294 g/mol. The fraction of sp³-hybridized carbons (Fsp3) is 0.429. The molecule has 0 saturated heterocycles. The average Bonchev–Trinajstić information content (AvgIpc) is 2.65. The number of carbonyl (C=O) groups excluding carboxylic acids is 2. The molecule has 1 aromatic rings. The predicted octanol–water partition coefficient (Wildman–Crippen LogP) is 0.773. The minimum Gasteiger partial charge on any atom is -0.493 e. The van der Waals surface area contributed by atoms with E-state index in [2.05, 4.69) is 15.4 Å². The molecule has 1 heterocycles. The molecule has 2 rings (SSSR count). The molecule has 1 aliphatic rings. The van der Waals surface area contributed by atoms with Crippen molar-refractivity contribution in [1.29, 1.82) is 0 Å². The molecule has 0 saturated carbocycles. The van der Waals surface area contributed by atoms with Gasteiger partial charge in [-0.3, -0.25) is 4.79 Å². The van der Waals surface area contributed by atoms with E-state index < -0.39 is 12.1 Å². The lowest BCUT2D eigenvalue weighted by atomic mass is 9.98. The quantitative estimate of drug-likeness (QED) is 0.860. The highest BCUT2D eigenvalue weighted by atomic mass is 16.5. The Kier molecular flexibility index (Phi) is 4.52. The molecule has 21 heavy (non-hydrogen) atoms. The van der Waals surface area contributed by atoms with Crippen molar-refractivity contribution >= 4 is 12.0 Å². The van der Waals surface area contributed by atoms with Crippen LogP contribution in [0.2, 0.25) is 0 Å². The van der Waals surface area contributed by atoms with E-state index in [4.69, 9.17) is 9.47 Å². The van der Waals surface area contributed by atoms with Gasteiger partial charge in [-0.2, -0.15) is 0 Å². The van der Waals surface area contributed by atoms with Gasteiger partial charge in [-0.25, -0.2) is 4.79 Å². The Bertz CT molecular complexity index is 559. The number of rotatable bonds is 3. The van der Waals surface area contributed by atoms with E-state index in [9.17, 15) is 9.59 Å². The van der Waals surface area contributed by atoms with Crippen LogP contribution in [0.1, 0.15) is 17.2 Å².